The van der Waals surface area contributed by atoms with Crippen LogP contribution < -0.4 is 4.90 Å². The van der Waals surface area contributed by atoms with Crippen LogP contribution >= 0.6 is 0 Å². The van der Waals surface area contributed by atoms with Gasteiger partial charge in [-0.2, -0.15) is 4.58 Å². The Labute approximate surface area is 193 Å². The van der Waals surface area contributed by atoms with Crippen molar-refractivity contribution in [1.29, 1.82) is 0 Å². The molecule has 2 aromatic rings. The van der Waals surface area contributed by atoms with Crippen LogP contribution in [-0.2, 0) is 0 Å². The number of aromatic nitrogens is 1. The van der Waals surface area contributed by atoms with Crippen molar-refractivity contribution in [2.45, 2.75) is 27.2 Å². The van der Waals surface area contributed by atoms with Gasteiger partial charge in [-0.3, -0.25) is 0 Å². The minimum absolute atomic E-state index is 0.255. The molecule has 3 aliphatic rings. The molecule has 1 N–H and O–H groups in total. The lowest BCUT2D eigenvalue weighted by molar-refractivity contribution is -0.278. The van der Waals surface area contributed by atoms with E-state index in [1.54, 1.807) is 18.2 Å². The molecule has 0 spiro atoms. The number of amidine groups is 1. The summed E-state index contributed by atoms with van der Waals surface area (Å²) in [6, 6.07) is 12.9. The molecule has 1 unspecified atom stereocenters. The van der Waals surface area contributed by atoms with Gasteiger partial charge in [0.25, 0.3) is 0 Å². The van der Waals surface area contributed by atoms with Crippen LogP contribution in [0.4, 0.5) is 11.6 Å². The van der Waals surface area contributed by atoms with Gasteiger partial charge in [0.2, 0.25) is 0 Å². The molecule has 1 aromatic carbocycles. The molecule has 1 atom stereocenters. The molecule has 1 aromatic heterocycles. The number of fused-ring (bicyclic) bond motifs is 1. The molecule has 0 saturated carbocycles. The van der Waals surface area contributed by atoms with Gasteiger partial charge in [-0.1, -0.05) is 44.0 Å². The van der Waals surface area contributed by atoms with E-state index in [1.807, 2.05) is 35.1 Å². The molecule has 33 heavy (non-hydrogen) atoms. The van der Waals surface area contributed by atoms with Gasteiger partial charge < -0.3 is 10.0 Å². The summed E-state index contributed by atoms with van der Waals surface area (Å²) >= 11 is 0. The van der Waals surface area contributed by atoms with E-state index < -0.39 is 5.97 Å². The lowest BCUT2D eigenvalue weighted by Crippen LogP contribution is -2.26. The second-order valence-corrected chi connectivity index (χ2v) is 9.78. The summed E-state index contributed by atoms with van der Waals surface area (Å²) in [6.07, 6.45) is 5.11. The van der Waals surface area contributed by atoms with Crippen molar-refractivity contribution in [2.75, 3.05) is 24.5 Å². The third-order valence-corrected chi connectivity index (χ3v) is 6.59. The Balaban J connectivity index is 1.45. The van der Waals surface area contributed by atoms with Crippen molar-refractivity contribution < 1.29 is 14.5 Å². The van der Waals surface area contributed by atoms with Crippen molar-refractivity contribution in [2.24, 2.45) is 21.3 Å². The molecule has 168 valence electrons. The Morgan fingerprint density at radius 2 is 2.03 bits per heavy atom. The molecule has 0 radical (unpaired) electrons. The number of nitrogens with zero attached hydrogens (tertiary/aromatic N) is 5. The fourth-order valence-electron chi connectivity index (χ4n) is 4.62. The topological polar surface area (TPSA) is 81.2 Å². The minimum Gasteiger partial charge on any atom is -0.478 e. The predicted octanol–water partition coefficient (Wildman–Crippen LogP) is 4.27. The molecule has 0 aliphatic carbocycles. The predicted molar refractivity (Wildman–Crippen MR) is 131 cm³/mol. The van der Waals surface area contributed by atoms with Crippen LogP contribution in [0.5, 0.6) is 0 Å². The normalized spacial score (nSPS) is 21.2. The van der Waals surface area contributed by atoms with Gasteiger partial charge in [-0.25, -0.2) is 14.8 Å². The largest absolute Gasteiger partial charge is 0.478 e. The number of carboxylic acid groups (broad SMARTS) is 1. The Hall–Kier alpha value is -3.61. The number of carbonyl (C=O) groups is 1. The number of pyridine rings is 1. The van der Waals surface area contributed by atoms with Gasteiger partial charge in [0.1, 0.15) is 17.7 Å². The number of aromatic carboxylic acids is 1. The summed E-state index contributed by atoms with van der Waals surface area (Å²) in [5.41, 5.74) is 2.97. The summed E-state index contributed by atoms with van der Waals surface area (Å²) in [7, 11) is 0. The molecule has 5 rings (SSSR count). The smallest absolute Gasteiger partial charge is 0.349 e. The van der Waals surface area contributed by atoms with E-state index >= 15 is 0 Å². The molecule has 1 fully saturated rings. The first-order valence-corrected chi connectivity index (χ1v) is 11.3. The van der Waals surface area contributed by atoms with E-state index in [0.717, 1.165) is 41.7 Å². The lowest BCUT2D eigenvalue weighted by Gasteiger charge is -2.27. The highest BCUT2D eigenvalue weighted by Crippen LogP contribution is 2.35. The van der Waals surface area contributed by atoms with Crippen molar-refractivity contribution >= 4 is 41.1 Å². The highest BCUT2D eigenvalue weighted by Gasteiger charge is 2.36. The second-order valence-electron chi connectivity index (χ2n) is 9.78. The average molecular weight is 443 g/mol. The van der Waals surface area contributed by atoms with E-state index in [0.29, 0.717) is 18.3 Å². The van der Waals surface area contributed by atoms with Crippen LogP contribution in [0.2, 0.25) is 0 Å². The molecule has 3 aliphatic heterocycles. The molecule has 0 bridgehead atoms. The number of anilines is 1. The number of aliphatic imine (C=N–C) groups is 2. The first-order valence-electron chi connectivity index (χ1n) is 11.3. The summed E-state index contributed by atoms with van der Waals surface area (Å²) < 4.78 is 1.98. The monoisotopic (exact) mass is 442 g/mol. The van der Waals surface area contributed by atoms with Crippen LogP contribution in [-0.4, -0.2) is 58.0 Å². The zero-order valence-corrected chi connectivity index (χ0v) is 19.2. The standard InChI is InChI=1S/C26H27N5O2/c1-26(2,3)19-10-12-30(16-19)23-9-5-8-22(29-23)28-20-15-21(31-13-11-27-24(20)31)17-6-4-7-18(14-17)25(32)33/h4-9,13-15,19H,10-12,16H2,1-3H3/p+1. The van der Waals surface area contributed by atoms with Crippen molar-refractivity contribution in [3.05, 3.63) is 59.7 Å². The number of hydrogen-bond donors (Lipinski definition) is 1. The second kappa shape index (κ2) is 8.06. The zero-order valence-electron chi connectivity index (χ0n) is 19.2. The van der Waals surface area contributed by atoms with E-state index in [1.165, 1.54) is 6.42 Å². The maximum absolute atomic E-state index is 11.4. The summed E-state index contributed by atoms with van der Waals surface area (Å²) in [5, 5.41) is 9.36. The maximum Gasteiger partial charge on any atom is 0.349 e. The van der Waals surface area contributed by atoms with E-state index in [9.17, 15) is 9.90 Å². The maximum atomic E-state index is 11.4. The van der Waals surface area contributed by atoms with Crippen LogP contribution in [0, 0.1) is 11.3 Å². The molecule has 7 heteroatoms. The highest BCUT2D eigenvalue weighted by molar-refractivity contribution is 6.47. The van der Waals surface area contributed by atoms with Crippen LogP contribution in [0.15, 0.2) is 58.5 Å². The minimum atomic E-state index is -0.944. The first-order chi connectivity index (χ1) is 15.8. The van der Waals surface area contributed by atoms with E-state index in [4.69, 9.17) is 9.98 Å². The Morgan fingerprint density at radius 3 is 2.79 bits per heavy atom. The number of hydrogen-bond acceptors (Lipinski definition) is 5. The number of benzene rings is 1. The third kappa shape index (κ3) is 4.11. The highest BCUT2D eigenvalue weighted by atomic mass is 16.4. The van der Waals surface area contributed by atoms with Gasteiger partial charge >= 0.3 is 11.8 Å². The summed E-state index contributed by atoms with van der Waals surface area (Å²) in [4.78, 5) is 28.0. The van der Waals surface area contributed by atoms with E-state index in [2.05, 4.69) is 36.7 Å². The van der Waals surface area contributed by atoms with Crippen LogP contribution in [0.25, 0.3) is 5.70 Å². The zero-order chi connectivity index (χ0) is 23.2. The third-order valence-electron chi connectivity index (χ3n) is 6.59. The van der Waals surface area contributed by atoms with E-state index in [-0.39, 0.29) is 11.0 Å². The molecular weight excluding hydrogens is 414 g/mol. The summed E-state index contributed by atoms with van der Waals surface area (Å²) in [5.74, 6) is 2.07. The number of carboxylic acids is 1. The molecule has 4 heterocycles. The SMILES string of the molecule is CC(C)(C)C1CCN(c2cccc(N=C3C=C(c4cccc(C(=O)O)c4)[N+]4=CCN=C34)n2)C1. The molecule has 1 saturated heterocycles. The summed E-state index contributed by atoms with van der Waals surface area (Å²) in [6.45, 7) is 9.50. The fraction of sp³-hybridized carbons (Fsp3) is 0.346. The lowest BCUT2D eigenvalue weighted by atomic mass is 9.80. The van der Waals surface area contributed by atoms with Gasteiger partial charge in [0.05, 0.1) is 5.56 Å². The Bertz CT molecular complexity index is 1250. The molecule has 7 nitrogen and oxygen atoms in total. The molecular formula is C26H28N5O2+. The van der Waals surface area contributed by atoms with Crippen molar-refractivity contribution in [3.63, 3.8) is 0 Å². The first kappa shape index (κ1) is 21.2. The Morgan fingerprint density at radius 1 is 1.21 bits per heavy atom. The van der Waals surface area contributed by atoms with Crippen molar-refractivity contribution in [3.8, 4) is 0 Å². The molecule has 0 amide bonds. The fourth-order valence-corrected chi connectivity index (χ4v) is 4.62. The van der Waals surface area contributed by atoms with Crippen LogP contribution in [0.1, 0.15) is 43.1 Å². The number of rotatable bonds is 4. The quantitative estimate of drug-likeness (QED) is 0.717. The Kier molecular flexibility index (Phi) is 5.19. The average Bonchev–Trinajstić information content (AvgIpc) is 3.52. The van der Waals surface area contributed by atoms with Crippen LogP contribution in [0.3, 0.4) is 0 Å². The van der Waals surface area contributed by atoms with Gasteiger partial charge in [0.15, 0.2) is 18.1 Å². The van der Waals surface area contributed by atoms with Crippen molar-refractivity contribution in [1.82, 2.24) is 4.98 Å². The van der Waals surface area contributed by atoms with Gasteiger partial charge in [0, 0.05) is 24.7 Å². The van der Waals surface area contributed by atoms with Gasteiger partial charge in [-0.15, -0.1) is 0 Å². The van der Waals surface area contributed by atoms with Gasteiger partial charge in [-0.05, 0) is 42.0 Å².